The maximum absolute atomic E-state index is 12.2. The zero-order chi connectivity index (χ0) is 20.7. The number of halogens is 2. The number of esters is 1. The van der Waals surface area contributed by atoms with Crippen LogP contribution in [0, 0.1) is 0 Å². The quantitative estimate of drug-likeness (QED) is 0.704. The molecule has 2 aromatic rings. The molecular weight excluding hydrogens is 374 g/mol. The smallest absolute Gasteiger partial charge is 0.387 e. The first-order valence-corrected chi connectivity index (χ1v) is 8.19. The molecule has 0 aromatic heterocycles. The second kappa shape index (κ2) is 9.45. The first-order chi connectivity index (χ1) is 13.2. The predicted octanol–water partition coefficient (Wildman–Crippen LogP) is 3.43. The van der Waals surface area contributed by atoms with Crippen molar-refractivity contribution >= 4 is 29.2 Å². The van der Waals surface area contributed by atoms with E-state index in [1.165, 1.54) is 38.1 Å². The van der Waals surface area contributed by atoms with Crippen molar-refractivity contribution in [3.8, 4) is 5.75 Å². The molecular formula is C19H18F2N2O5. The van der Waals surface area contributed by atoms with Crippen molar-refractivity contribution in [2.24, 2.45) is 0 Å². The van der Waals surface area contributed by atoms with E-state index < -0.39 is 24.6 Å². The molecule has 9 heteroatoms. The first kappa shape index (κ1) is 20.8. The average Bonchev–Trinajstić information content (AvgIpc) is 2.63. The number of alkyl halides is 2. The van der Waals surface area contributed by atoms with Crippen LogP contribution < -0.4 is 15.4 Å². The van der Waals surface area contributed by atoms with Gasteiger partial charge < -0.3 is 20.1 Å². The molecule has 7 nitrogen and oxygen atoms in total. The Hall–Kier alpha value is -3.49. The summed E-state index contributed by atoms with van der Waals surface area (Å²) in [7, 11) is 0. The van der Waals surface area contributed by atoms with Crippen molar-refractivity contribution < 1.29 is 32.6 Å². The van der Waals surface area contributed by atoms with Gasteiger partial charge in [0.05, 0.1) is 5.56 Å². The van der Waals surface area contributed by atoms with E-state index in [1.54, 1.807) is 24.3 Å². The number of ether oxygens (including phenoxy) is 2. The highest BCUT2D eigenvalue weighted by Crippen LogP contribution is 2.17. The molecule has 0 saturated carbocycles. The van der Waals surface area contributed by atoms with Crippen LogP contribution in [0.4, 0.5) is 20.2 Å². The third kappa shape index (κ3) is 6.35. The zero-order valence-electron chi connectivity index (χ0n) is 15.1. The molecule has 0 heterocycles. The fourth-order valence-corrected chi connectivity index (χ4v) is 2.14. The van der Waals surface area contributed by atoms with Gasteiger partial charge in [0.2, 0.25) is 5.91 Å². The molecule has 0 fully saturated rings. The van der Waals surface area contributed by atoms with Crippen molar-refractivity contribution in [1.29, 1.82) is 0 Å². The molecule has 1 atom stereocenters. The molecule has 0 radical (unpaired) electrons. The number of amides is 2. The van der Waals surface area contributed by atoms with Crippen molar-refractivity contribution in [2.75, 3.05) is 10.6 Å². The number of carbonyl (C=O) groups is 3. The Balaban J connectivity index is 1.90. The van der Waals surface area contributed by atoms with Gasteiger partial charge in [-0.15, -0.1) is 0 Å². The average molecular weight is 392 g/mol. The zero-order valence-corrected chi connectivity index (χ0v) is 15.1. The van der Waals surface area contributed by atoms with Crippen LogP contribution in [0.25, 0.3) is 0 Å². The van der Waals surface area contributed by atoms with Crippen molar-refractivity contribution in [3.63, 3.8) is 0 Å². The summed E-state index contributed by atoms with van der Waals surface area (Å²) in [5.74, 6) is -1.66. The van der Waals surface area contributed by atoms with Gasteiger partial charge in [-0.2, -0.15) is 8.78 Å². The third-order valence-electron chi connectivity index (χ3n) is 3.44. The number of anilines is 2. The molecule has 2 N–H and O–H groups in total. The Morgan fingerprint density at radius 1 is 0.893 bits per heavy atom. The summed E-state index contributed by atoms with van der Waals surface area (Å²) < 4.78 is 33.5. The minimum atomic E-state index is -2.96. The minimum Gasteiger partial charge on any atom is -0.449 e. The van der Waals surface area contributed by atoms with E-state index in [9.17, 15) is 23.2 Å². The molecule has 0 unspecified atom stereocenters. The molecule has 2 rings (SSSR count). The first-order valence-electron chi connectivity index (χ1n) is 8.19. The lowest BCUT2D eigenvalue weighted by Gasteiger charge is -2.14. The Labute approximate surface area is 159 Å². The summed E-state index contributed by atoms with van der Waals surface area (Å²) in [6.45, 7) is -0.188. The van der Waals surface area contributed by atoms with Gasteiger partial charge in [0.15, 0.2) is 6.10 Å². The molecule has 0 aliphatic carbocycles. The molecule has 28 heavy (non-hydrogen) atoms. The van der Waals surface area contributed by atoms with E-state index >= 15 is 0 Å². The molecule has 0 aliphatic rings. The topological polar surface area (TPSA) is 93.7 Å². The van der Waals surface area contributed by atoms with Gasteiger partial charge in [0.1, 0.15) is 5.75 Å². The number of carbonyl (C=O) groups excluding carboxylic acids is 3. The van der Waals surface area contributed by atoms with E-state index in [4.69, 9.17) is 4.74 Å². The highest BCUT2D eigenvalue weighted by Gasteiger charge is 2.19. The fourth-order valence-electron chi connectivity index (χ4n) is 2.14. The molecule has 0 bridgehead atoms. The van der Waals surface area contributed by atoms with Crippen molar-refractivity contribution in [2.45, 2.75) is 26.6 Å². The summed E-state index contributed by atoms with van der Waals surface area (Å²) in [6, 6.07) is 11.3. The van der Waals surface area contributed by atoms with Crippen molar-refractivity contribution in [3.05, 3.63) is 54.1 Å². The van der Waals surface area contributed by atoms with E-state index in [0.29, 0.717) is 11.4 Å². The summed E-state index contributed by atoms with van der Waals surface area (Å²) in [4.78, 5) is 35.2. The Kier molecular flexibility index (Phi) is 7.02. The number of hydrogen-bond acceptors (Lipinski definition) is 5. The lowest BCUT2D eigenvalue weighted by molar-refractivity contribution is -0.123. The third-order valence-corrected chi connectivity index (χ3v) is 3.44. The van der Waals surface area contributed by atoms with E-state index in [-0.39, 0.29) is 17.2 Å². The lowest BCUT2D eigenvalue weighted by atomic mass is 10.2. The highest BCUT2D eigenvalue weighted by atomic mass is 19.3. The molecule has 0 spiro atoms. The highest BCUT2D eigenvalue weighted by molar-refractivity contribution is 5.97. The van der Waals surface area contributed by atoms with Gasteiger partial charge in [-0.1, -0.05) is 0 Å². The van der Waals surface area contributed by atoms with Gasteiger partial charge in [0, 0.05) is 18.3 Å². The van der Waals surface area contributed by atoms with Crippen molar-refractivity contribution in [1.82, 2.24) is 0 Å². The number of benzene rings is 2. The second-order valence-electron chi connectivity index (χ2n) is 5.70. The van der Waals surface area contributed by atoms with Gasteiger partial charge >= 0.3 is 12.6 Å². The minimum absolute atomic E-state index is 0.0842. The van der Waals surface area contributed by atoms with Crippen LogP contribution in [-0.2, 0) is 14.3 Å². The van der Waals surface area contributed by atoms with Crippen LogP contribution in [0.5, 0.6) is 5.75 Å². The summed E-state index contributed by atoms with van der Waals surface area (Å²) in [5.41, 5.74) is 1.11. The standard InChI is InChI=1S/C19H18F2N2O5/c1-11(17(25)23-15-7-5-14(6-8-15)22-12(2)24)27-18(26)13-3-9-16(10-4-13)28-19(20)21/h3-11,19H,1-2H3,(H,22,24)(H,23,25)/t11-/m0/s1. The monoisotopic (exact) mass is 392 g/mol. The summed E-state index contributed by atoms with van der Waals surface area (Å²) in [6.07, 6.45) is -1.10. The lowest BCUT2D eigenvalue weighted by Crippen LogP contribution is -2.30. The fraction of sp³-hybridized carbons (Fsp3) is 0.211. The Bertz CT molecular complexity index is 838. The maximum Gasteiger partial charge on any atom is 0.387 e. The number of nitrogens with one attached hydrogen (secondary N) is 2. The van der Waals surface area contributed by atoms with E-state index in [0.717, 1.165) is 0 Å². The Morgan fingerprint density at radius 2 is 1.43 bits per heavy atom. The normalized spacial score (nSPS) is 11.5. The SMILES string of the molecule is CC(=O)Nc1ccc(NC(=O)[C@H](C)OC(=O)c2ccc(OC(F)F)cc2)cc1. The van der Waals surface area contributed by atoms with Gasteiger partial charge in [-0.05, 0) is 55.5 Å². The molecule has 2 amide bonds. The van der Waals surface area contributed by atoms with Gasteiger partial charge in [-0.25, -0.2) is 4.79 Å². The number of rotatable bonds is 7. The summed E-state index contributed by atoms with van der Waals surface area (Å²) >= 11 is 0. The molecule has 0 saturated heterocycles. The van der Waals surface area contributed by atoms with Crippen LogP contribution in [0.3, 0.4) is 0 Å². The molecule has 0 aliphatic heterocycles. The van der Waals surface area contributed by atoms with Crippen LogP contribution in [0.1, 0.15) is 24.2 Å². The van der Waals surface area contributed by atoms with Crippen LogP contribution in [-0.4, -0.2) is 30.5 Å². The summed E-state index contributed by atoms with van der Waals surface area (Å²) in [5, 5.41) is 5.17. The predicted molar refractivity (Wildman–Crippen MR) is 97.3 cm³/mol. The number of hydrogen-bond donors (Lipinski definition) is 2. The largest absolute Gasteiger partial charge is 0.449 e. The Morgan fingerprint density at radius 3 is 1.93 bits per heavy atom. The van der Waals surface area contributed by atoms with Gasteiger partial charge in [0.25, 0.3) is 5.91 Å². The maximum atomic E-state index is 12.2. The van der Waals surface area contributed by atoms with Gasteiger partial charge in [-0.3, -0.25) is 9.59 Å². The second-order valence-corrected chi connectivity index (χ2v) is 5.70. The van der Waals surface area contributed by atoms with E-state index in [1.807, 2.05) is 0 Å². The van der Waals surface area contributed by atoms with E-state index in [2.05, 4.69) is 15.4 Å². The van der Waals surface area contributed by atoms with Crippen LogP contribution >= 0.6 is 0 Å². The molecule has 148 valence electrons. The molecule has 2 aromatic carbocycles. The van der Waals surface area contributed by atoms with Crippen LogP contribution in [0.2, 0.25) is 0 Å². The van der Waals surface area contributed by atoms with Crippen LogP contribution in [0.15, 0.2) is 48.5 Å².